The van der Waals surface area contributed by atoms with Gasteiger partial charge in [0.15, 0.2) is 12.1 Å². The summed E-state index contributed by atoms with van der Waals surface area (Å²) in [5, 5.41) is 10.8. The summed E-state index contributed by atoms with van der Waals surface area (Å²) in [6, 6.07) is 5.63. The Bertz CT molecular complexity index is 638. The normalized spacial score (nSPS) is 15.6. The number of hydrazine groups is 1. The second kappa shape index (κ2) is 6.14. The lowest BCUT2D eigenvalue weighted by molar-refractivity contribution is -0.384. The van der Waals surface area contributed by atoms with Gasteiger partial charge in [0.2, 0.25) is 0 Å². The molecule has 0 bridgehead atoms. The number of aldehydes is 1. The van der Waals surface area contributed by atoms with Crippen molar-refractivity contribution in [2.24, 2.45) is 10.7 Å². The van der Waals surface area contributed by atoms with Crippen LogP contribution in [0.15, 0.2) is 40.7 Å². The van der Waals surface area contributed by atoms with Crippen molar-refractivity contribution >= 4 is 17.8 Å². The Labute approximate surface area is 120 Å². The molecule has 8 heteroatoms. The minimum atomic E-state index is -0.491. The molecule has 0 radical (unpaired) electrons. The highest BCUT2D eigenvalue weighted by molar-refractivity contribution is 6.02. The molecule has 0 saturated heterocycles. The van der Waals surface area contributed by atoms with Crippen molar-refractivity contribution in [1.82, 2.24) is 10.9 Å². The van der Waals surface area contributed by atoms with Gasteiger partial charge in [-0.15, -0.1) is 0 Å². The van der Waals surface area contributed by atoms with Crippen LogP contribution in [0.5, 0.6) is 0 Å². The average Bonchev–Trinajstić information content (AvgIpc) is 2.53. The number of carbonyl (C=O) groups is 1. The summed E-state index contributed by atoms with van der Waals surface area (Å²) in [4.78, 5) is 25.6. The number of non-ortho nitro benzene ring substituents is 1. The number of hydrogen-bond acceptors (Lipinski definition) is 7. The van der Waals surface area contributed by atoms with Gasteiger partial charge < -0.3 is 5.73 Å². The number of nitrogens with zero attached hydrogens (tertiary/aromatic N) is 2. The molecule has 1 aliphatic heterocycles. The number of benzene rings is 1. The molecular formula is C13H15N5O3. The average molecular weight is 289 g/mol. The first-order valence-corrected chi connectivity index (χ1v) is 6.37. The van der Waals surface area contributed by atoms with E-state index in [1.165, 1.54) is 12.1 Å². The van der Waals surface area contributed by atoms with Gasteiger partial charge >= 0.3 is 0 Å². The van der Waals surface area contributed by atoms with E-state index in [-0.39, 0.29) is 17.4 Å². The van der Waals surface area contributed by atoms with Gasteiger partial charge in [-0.2, -0.15) is 0 Å². The fraction of sp³-hybridized carbons (Fsp3) is 0.231. The molecule has 0 aromatic heterocycles. The molecule has 110 valence electrons. The molecule has 1 atom stereocenters. The predicted molar refractivity (Wildman–Crippen MR) is 77.3 cm³/mol. The van der Waals surface area contributed by atoms with E-state index >= 15 is 0 Å². The Balaban J connectivity index is 2.40. The summed E-state index contributed by atoms with van der Waals surface area (Å²) in [7, 11) is 0. The van der Waals surface area contributed by atoms with E-state index in [1.807, 2.05) is 6.92 Å². The van der Waals surface area contributed by atoms with Crippen molar-refractivity contribution in [3.8, 4) is 0 Å². The highest BCUT2D eigenvalue weighted by Gasteiger charge is 2.20. The number of nitrogens with one attached hydrogen (secondary N) is 2. The molecule has 0 saturated carbocycles. The van der Waals surface area contributed by atoms with Crippen molar-refractivity contribution in [3.63, 3.8) is 0 Å². The molecule has 0 fully saturated rings. The maximum absolute atomic E-state index is 11.1. The van der Waals surface area contributed by atoms with Gasteiger partial charge in [-0.05, 0) is 6.42 Å². The van der Waals surface area contributed by atoms with Crippen molar-refractivity contribution in [3.05, 3.63) is 51.3 Å². The van der Waals surface area contributed by atoms with Gasteiger partial charge in [0.25, 0.3) is 5.69 Å². The SMILES string of the molecule is CCC(N)C1=C(C=O)N=C(c2cccc([N+](=O)[O-])c2)NN1. The van der Waals surface area contributed by atoms with E-state index in [9.17, 15) is 14.9 Å². The molecule has 1 heterocycles. The predicted octanol–water partition coefficient (Wildman–Crippen LogP) is 0.597. The number of amidine groups is 1. The fourth-order valence-corrected chi connectivity index (χ4v) is 1.88. The van der Waals surface area contributed by atoms with Crippen LogP contribution in [0.2, 0.25) is 0 Å². The van der Waals surface area contributed by atoms with E-state index in [4.69, 9.17) is 5.73 Å². The third-order valence-electron chi connectivity index (χ3n) is 3.08. The van der Waals surface area contributed by atoms with Crippen molar-refractivity contribution in [2.75, 3.05) is 0 Å². The highest BCUT2D eigenvalue weighted by atomic mass is 16.6. The maximum Gasteiger partial charge on any atom is 0.270 e. The Morgan fingerprint density at radius 3 is 2.86 bits per heavy atom. The largest absolute Gasteiger partial charge is 0.323 e. The quantitative estimate of drug-likeness (QED) is 0.414. The van der Waals surface area contributed by atoms with E-state index in [0.717, 1.165) is 0 Å². The maximum atomic E-state index is 11.1. The van der Waals surface area contributed by atoms with Crippen LogP contribution in [0.4, 0.5) is 5.69 Å². The van der Waals surface area contributed by atoms with Gasteiger partial charge in [-0.3, -0.25) is 25.8 Å². The summed E-state index contributed by atoms with van der Waals surface area (Å²) >= 11 is 0. The summed E-state index contributed by atoms with van der Waals surface area (Å²) < 4.78 is 0. The van der Waals surface area contributed by atoms with Crippen LogP contribution in [-0.2, 0) is 4.79 Å². The lowest BCUT2D eigenvalue weighted by atomic mass is 10.1. The first-order valence-electron chi connectivity index (χ1n) is 6.37. The van der Waals surface area contributed by atoms with Crippen LogP contribution >= 0.6 is 0 Å². The second-order valence-electron chi connectivity index (χ2n) is 4.45. The molecule has 21 heavy (non-hydrogen) atoms. The van der Waals surface area contributed by atoms with Crippen LogP contribution in [0.1, 0.15) is 18.9 Å². The number of carbonyl (C=O) groups excluding carboxylic acids is 1. The highest BCUT2D eigenvalue weighted by Crippen LogP contribution is 2.16. The van der Waals surface area contributed by atoms with Crippen LogP contribution in [-0.4, -0.2) is 23.1 Å². The monoisotopic (exact) mass is 289 g/mol. The van der Waals surface area contributed by atoms with E-state index in [0.29, 0.717) is 29.8 Å². The van der Waals surface area contributed by atoms with Crippen molar-refractivity contribution in [1.29, 1.82) is 0 Å². The van der Waals surface area contributed by atoms with Gasteiger partial charge in [0, 0.05) is 23.7 Å². The summed E-state index contributed by atoms with van der Waals surface area (Å²) in [6.07, 6.45) is 1.25. The van der Waals surface area contributed by atoms with Crippen molar-refractivity contribution < 1.29 is 9.72 Å². The van der Waals surface area contributed by atoms with E-state index in [2.05, 4.69) is 15.8 Å². The number of aliphatic imine (C=N–C) groups is 1. The smallest absolute Gasteiger partial charge is 0.270 e. The zero-order valence-corrected chi connectivity index (χ0v) is 11.4. The number of nitrogens with two attached hydrogens (primary N) is 1. The Hall–Kier alpha value is -2.74. The minimum Gasteiger partial charge on any atom is -0.323 e. The lowest BCUT2D eigenvalue weighted by Gasteiger charge is -2.24. The number of hydrogen-bond donors (Lipinski definition) is 3. The molecule has 4 N–H and O–H groups in total. The van der Waals surface area contributed by atoms with Crippen LogP contribution in [0.3, 0.4) is 0 Å². The first-order chi connectivity index (χ1) is 10.1. The standard InChI is InChI=1S/C13H15N5O3/c1-2-10(14)12-11(7-19)15-13(17-16-12)8-4-3-5-9(6-8)18(20)21/h3-7,10,16H,2,14H2,1H3,(H,15,17). The third kappa shape index (κ3) is 3.06. The molecule has 1 unspecified atom stereocenters. The molecule has 0 aliphatic carbocycles. The molecule has 0 amide bonds. The fourth-order valence-electron chi connectivity index (χ4n) is 1.88. The molecular weight excluding hydrogens is 274 g/mol. The second-order valence-corrected chi connectivity index (χ2v) is 4.45. The van der Waals surface area contributed by atoms with Gasteiger partial charge in [0.1, 0.15) is 5.70 Å². The van der Waals surface area contributed by atoms with Crippen LogP contribution < -0.4 is 16.6 Å². The molecule has 2 rings (SSSR count). The van der Waals surface area contributed by atoms with Gasteiger partial charge in [-0.25, -0.2) is 4.99 Å². The number of nitro benzene ring substituents is 1. The van der Waals surface area contributed by atoms with Crippen LogP contribution in [0, 0.1) is 10.1 Å². The topological polar surface area (TPSA) is 123 Å². The van der Waals surface area contributed by atoms with Crippen LogP contribution in [0.25, 0.3) is 0 Å². The van der Waals surface area contributed by atoms with E-state index in [1.54, 1.807) is 12.1 Å². The van der Waals surface area contributed by atoms with E-state index < -0.39 is 4.92 Å². The summed E-state index contributed by atoms with van der Waals surface area (Å²) in [5.41, 5.74) is 12.7. The number of allylic oxidation sites excluding steroid dienone is 1. The zero-order chi connectivity index (χ0) is 15.4. The Morgan fingerprint density at radius 1 is 1.48 bits per heavy atom. The summed E-state index contributed by atoms with van der Waals surface area (Å²) in [5.74, 6) is 0.327. The van der Waals surface area contributed by atoms with Gasteiger partial charge in [0.05, 0.1) is 10.6 Å². The third-order valence-corrected chi connectivity index (χ3v) is 3.08. The minimum absolute atomic E-state index is 0.0512. The van der Waals surface area contributed by atoms with Crippen molar-refractivity contribution in [2.45, 2.75) is 19.4 Å². The molecule has 1 aromatic carbocycles. The summed E-state index contributed by atoms with van der Waals surface area (Å²) in [6.45, 7) is 1.89. The Kier molecular flexibility index (Phi) is 4.29. The first kappa shape index (κ1) is 14.7. The molecule has 1 aromatic rings. The molecule has 1 aliphatic rings. The number of nitro groups is 1. The lowest BCUT2D eigenvalue weighted by Crippen LogP contribution is -2.46. The number of rotatable bonds is 5. The Morgan fingerprint density at radius 2 is 2.24 bits per heavy atom. The van der Waals surface area contributed by atoms with Gasteiger partial charge in [-0.1, -0.05) is 19.1 Å². The molecule has 0 spiro atoms. The molecule has 8 nitrogen and oxygen atoms in total. The zero-order valence-electron chi connectivity index (χ0n) is 11.4.